The maximum Gasteiger partial charge on any atom is 0.227 e. The molecule has 0 spiro atoms. The molecule has 134 valence electrons. The number of carbonyl (C=O) groups is 1. The van der Waals surface area contributed by atoms with Crippen LogP contribution in [0, 0.1) is 0 Å². The second-order valence-corrected chi connectivity index (χ2v) is 5.01. The Morgan fingerprint density at radius 3 is 2.48 bits per heavy atom. The van der Waals surface area contributed by atoms with Gasteiger partial charge in [0.15, 0.2) is 0 Å². The highest BCUT2D eigenvalue weighted by atomic mass is 35.5. The van der Waals surface area contributed by atoms with E-state index in [0.29, 0.717) is 6.54 Å². The molecule has 1 amide bonds. The molecule has 0 heterocycles. The molecule has 0 radical (unpaired) electrons. The van der Waals surface area contributed by atoms with Crippen molar-refractivity contribution in [3.63, 3.8) is 0 Å². The van der Waals surface area contributed by atoms with Crippen LogP contribution in [0.4, 0.5) is 5.69 Å². The second-order valence-electron chi connectivity index (χ2n) is 5.01. The van der Waals surface area contributed by atoms with Gasteiger partial charge in [0.05, 0.1) is 12.5 Å². The van der Waals surface area contributed by atoms with Gasteiger partial charge in [-0.15, -0.1) is 24.8 Å². The number of hydrogen-bond donors (Lipinski definition) is 2. The molecule has 1 aromatic carbocycles. The number of amides is 1. The van der Waals surface area contributed by atoms with Crippen molar-refractivity contribution in [2.75, 3.05) is 32.1 Å². The molecule has 23 heavy (non-hydrogen) atoms. The van der Waals surface area contributed by atoms with Crippen molar-refractivity contribution < 1.29 is 9.53 Å². The zero-order valence-electron chi connectivity index (χ0n) is 14.1. The van der Waals surface area contributed by atoms with Crippen molar-refractivity contribution in [1.82, 2.24) is 4.90 Å². The Balaban J connectivity index is 0. The number of nitrogens with zero attached hydrogens (tertiary/aromatic N) is 1. The molecule has 0 saturated heterocycles. The summed E-state index contributed by atoms with van der Waals surface area (Å²) in [6.45, 7) is 7.55. The lowest BCUT2D eigenvalue weighted by Crippen LogP contribution is -2.28. The van der Waals surface area contributed by atoms with E-state index in [1.807, 2.05) is 18.2 Å². The van der Waals surface area contributed by atoms with E-state index in [1.165, 1.54) is 5.56 Å². The topological polar surface area (TPSA) is 67.6 Å². The molecule has 1 atom stereocenters. The van der Waals surface area contributed by atoms with Crippen LogP contribution in [0.1, 0.15) is 25.8 Å². The fourth-order valence-electron chi connectivity index (χ4n) is 2.13. The first-order valence-corrected chi connectivity index (χ1v) is 7.46. The average molecular weight is 366 g/mol. The van der Waals surface area contributed by atoms with Gasteiger partial charge in [0.1, 0.15) is 0 Å². The number of ether oxygens (including phenoxy) is 1. The zero-order valence-corrected chi connectivity index (χ0v) is 15.7. The Morgan fingerprint density at radius 1 is 1.30 bits per heavy atom. The molecular formula is C16H29Cl2N3O2. The molecule has 0 aliphatic heterocycles. The molecule has 1 rings (SSSR count). The average Bonchev–Trinajstić information content (AvgIpc) is 2.50. The highest BCUT2D eigenvalue weighted by Crippen LogP contribution is 2.13. The highest BCUT2D eigenvalue weighted by Gasteiger charge is 2.11. The van der Waals surface area contributed by atoms with Gasteiger partial charge in [-0.1, -0.05) is 26.0 Å². The SMILES string of the molecule is CCN(CC)Cc1cccc(NC(=O)CC(CN)OC)c1.Cl.Cl. The summed E-state index contributed by atoms with van der Waals surface area (Å²) >= 11 is 0. The summed E-state index contributed by atoms with van der Waals surface area (Å²) in [5, 5.41) is 2.90. The predicted molar refractivity (Wildman–Crippen MR) is 101 cm³/mol. The molecular weight excluding hydrogens is 337 g/mol. The van der Waals surface area contributed by atoms with E-state index in [4.69, 9.17) is 10.5 Å². The van der Waals surface area contributed by atoms with E-state index in [2.05, 4.69) is 30.1 Å². The normalized spacial score (nSPS) is 11.3. The van der Waals surface area contributed by atoms with Crippen LogP contribution in [0.25, 0.3) is 0 Å². The summed E-state index contributed by atoms with van der Waals surface area (Å²) < 4.78 is 5.12. The first-order valence-electron chi connectivity index (χ1n) is 7.46. The fourth-order valence-corrected chi connectivity index (χ4v) is 2.13. The van der Waals surface area contributed by atoms with Crippen LogP contribution in [0.2, 0.25) is 0 Å². The lowest BCUT2D eigenvalue weighted by atomic mass is 10.1. The van der Waals surface area contributed by atoms with Crippen molar-refractivity contribution in [2.45, 2.75) is 32.9 Å². The molecule has 0 aromatic heterocycles. The molecule has 0 saturated carbocycles. The molecule has 0 bridgehead atoms. The van der Waals surface area contributed by atoms with Gasteiger partial charge in [0.25, 0.3) is 0 Å². The highest BCUT2D eigenvalue weighted by molar-refractivity contribution is 5.91. The minimum atomic E-state index is -0.233. The number of nitrogens with one attached hydrogen (secondary N) is 1. The van der Waals surface area contributed by atoms with Gasteiger partial charge in [0.2, 0.25) is 5.91 Å². The molecule has 0 aliphatic carbocycles. The minimum Gasteiger partial charge on any atom is -0.380 e. The van der Waals surface area contributed by atoms with E-state index >= 15 is 0 Å². The minimum absolute atomic E-state index is 0. The monoisotopic (exact) mass is 365 g/mol. The van der Waals surface area contributed by atoms with Crippen molar-refractivity contribution >= 4 is 36.4 Å². The summed E-state index contributed by atoms with van der Waals surface area (Å²) in [5.74, 6) is -0.0766. The standard InChI is InChI=1S/C16H27N3O2.2ClH/c1-4-19(5-2)12-13-7-6-8-14(9-13)18-16(20)10-15(11-17)21-3;;/h6-9,15H,4-5,10-12,17H2,1-3H3,(H,18,20);2*1H. The molecule has 1 unspecified atom stereocenters. The van der Waals surface area contributed by atoms with Gasteiger partial charge in [0, 0.05) is 25.9 Å². The van der Waals surface area contributed by atoms with Crippen LogP contribution < -0.4 is 11.1 Å². The summed E-state index contributed by atoms with van der Waals surface area (Å²) in [5.41, 5.74) is 7.53. The summed E-state index contributed by atoms with van der Waals surface area (Å²) in [4.78, 5) is 14.3. The van der Waals surface area contributed by atoms with Crippen LogP contribution in [0.5, 0.6) is 0 Å². The third-order valence-electron chi connectivity index (χ3n) is 3.52. The van der Waals surface area contributed by atoms with Gasteiger partial charge in [-0.05, 0) is 30.8 Å². The molecule has 0 aliphatic rings. The number of carbonyl (C=O) groups excluding carboxylic acids is 1. The predicted octanol–water partition coefficient (Wildman–Crippen LogP) is 2.67. The zero-order chi connectivity index (χ0) is 15.7. The van der Waals surface area contributed by atoms with Crippen LogP contribution in [0.3, 0.4) is 0 Å². The number of benzene rings is 1. The van der Waals surface area contributed by atoms with Crippen LogP contribution in [-0.2, 0) is 16.1 Å². The number of anilines is 1. The second kappa shape index (κ2) is 13.6. The van der Waals surface area contributed by atoms with Gasteiger partial charge >= 0.3 is 0 Å². The summed E-state index contributed by atoms with van der Waals surface area (Å²) in [6.07, 6.45) is 0.0386. The Labute approximate surface area is 151 Å². The Morgan fingerprint density at radius 2 is 1.96 bits per heavy atom. The van der Waals surface area contributed by atoms with Crippen LogP contribution in [-0.4, -0.2) is 43.7 Å². The molecule has 3 N–H and O–H groups in total. The van der Waals surface area contributed by atoms with Crippen molar-refractivity contribution in [1.29, 1.82) is 0 Å². The largest absolute Gasteiger partial charge is 0.380 e. The van der Waals surface area contributed by atoms with E-state index in [1.54, 1.807) is 7.11 Å². The van der Waals surface area contributed by atoms with Gasteiger partial charge < -0.3 is 15.8 Å². The van der Waals surface area contributed by atoms with Crippen LogP contribution in [0.15, 0.2) is 24.3 Å². The smallest absolute Gasteiger partial charge is 0.227 e. The third kappa shape index (κ3) is 9.13. The van der Waals surface area contributed by atoms with Crippen LogP contribution >= 0.6 is 24.8 Å². The number of hydrogen-bond acceptors (Lipinski definition) is 4. The maximum absolute atomic E-state index is 11.9. The third-order valence-corrected chi connectivity index (χ3v) is 3.52. The number of halogens is 2. The summed E-state index contributed by atoms with van der Waals surface area (Å²) in [7, 11) is 1.56. The Hall–Kier alpha value is -0.850. The molecule has 7 heteroatoms. The Kier molecular flexibility index (Phi) is 14.4. The molecule has 0 fully saturated rings. The lowest BCUT2D eigenvalue weighted by Gasteiger charge is -2.18. The van der Waals surface area contributed by atoms with Crippen molar-refractivity contribution in [3.8, 4) is 0 Å². The maximum atomic E-state index is 11.9. The quantitative estimate of drug-likeness (QED) is 0.705. The molecule has 1 aromatic rings. The van der Waals surface area contributed by atoms with Crippen molar-refractivity contribution in [2.24, 2.45) is 5.73 Å². The van der Waals surface area contributed by atoms with Gasteiger partial charge in [-0.2, -0.15) is 0 Å². The molecule has 5 nitrogen and oxygen atoms in total. The van der Waals surface area contributed by atoms with E-state index < -0.39 is 0 Å². The van der Waals surface area contributed by atoms with E-state index in [9.17, 15) is 4.79 Å². The lowest BCUT2D eigenvalue weighted by molar-refractivity contribution is -0.118. The van der Waals surface area contributed by atoms with Gasteiger partial charge in [-0.3, -0.25) is 9.69 Å². The van der Waals surface area contributed by atoms with E-state index in [-0.39, 0.29) is 43.2 Å². The first-order chi connectivity index (χ1) is 10.1. The van der Waals surface area contributed by atoms with Gasteiger partial charge in [-0.25, -0.2) is 0 Å². The number of nitrogens with two attached hydrogens (primary N) is 1. The Bertz CT molecular complexity index is 439. The number of methoxy groups -OCH3 is 1. The van der Waals surface area contributed by atoms with E-state index in [0.717, 1.165) is 25.3 Å². The number of rotatable bonds is 9. The first kappa shape index (κ1) is 24.4. The summed E-state index contributed by atoms with van der Waals surface area (Å²) in [6, 6.07) is 7.95. The van der Waals surface area contributed by atoms with Crippen molar-refractivity contribution in [3.05, 3.63) is 29.8 Å². The fraction of sp³-hybridized carbons (Fsp3) is 0.562.